The van der Waals surface area contributed by atoms with E-state index in [4.69, 9.17) is 4.74 Å². The number of carbonyl (C=O) groups excluding carboxylic acids is 1. The summed E-state index contributed by atoms with van der Waals surface area (Å²) in [5, 5.41) is 3.21. The summed E-state index contributed by atoms with van der Waals surface area (Å²) in [4.78, 5) is 23.5. The molecule has 0 fully saturated rings. The molecule has 0 radical (unpaired) electrons. The molecule has 0 saturated carbocycles. The van der Waals surface area contributed by atoms with E-state index >= 15 is 0 Å². The molecule has 0 bridgehead atoms. The Morgan fingerprint density at radius 2 is 2.03 bits per heavy atom. The number of ether oxygens (including phenoxy) is 1. The highest BCUT2D eigenvalue weighted by molar-refractivity contribution is 6.05. The number of amides is 1. The van der Waals surface area contributed by atoms with Gasteiger partial charge in [0.15, 0.2) is 0 Å². The molecule has 2 heterocycles. The van der Waals surface area contributed by atoms with Crippen molar-refractivity contribution in [2.24, 2.45) is 0 Å². The van der Waals surface area contributed by atoms with E-state index < -0.39 is 0 Å². The zero-order chi connectivity index (χ0) is 21.1. The van der Waals surface area contributed by atoms with Crippen LogP contribution in [0, 0.1) is 5.82 Å². The van der Waals surface area contributed by atoms with Gasteiger partial charge in [-0.3, -0.25) is 9.69 Å². The van der Waals surface area contributed by atoms with Crippen molar-refractivity contribution in [1.82, 2.24) is 9.97 Å². The number of hydrogen-bond acceptors (Lipinski definition) is 5. The second kappa shape index (κ2) is 8.49. The van der Waals surface area contributed by atoms with Gasteiger partial charge in [-0.15, -0.1) is 0 Å². The molecule has 1 aliphatic heterocycles. The van der Waals surface area contributed by atoms with E-state index in [-0.39, 0.29) is 17.8 Å². The minimum Gasteiger partial charge on any atom is -0.493 e. The van der Waals surface area contributed by atoms with Gasteiger partial charge in [-0.2, -0.15) is 4.98 Å². The predicted octanol–water partition coefficient (Wildman–Crippen LogP) is 4.39. The summed E-state index contributed by atoms with van der Waals surface area (Å²) in [6.07, 6.45) is 2.43. The van der Waals surface area contributed by atoms with Crippen molar-refractivity contribution in [3.63, 3.8) is 0 Å². The van der Waals surface area contributed by atoms with Crippen molar-refractivity contribution in [1.29, 1.82) is 0 Å². The quantitative estimate of drug-likeness (QED) is 0.658. The number of anilines is 2. The molecule has 3 aromatic rings. The minimum absolute atomic E-state index is 0.122. The highest BCUT2D eigenvalue weighted by atomic mass is 19.1. The molecule has 4 rings (SSSR count). The summed E-state index contributed by atoms with van der Waals surface area (Å²) < 4.78 is 18.7. The number of rotatable bonds is 6. The third-order valence-electron chi connectivity index (χ3n) is 5.13. The van der Waals surface area contributed by atoms with Gasteiger partial charge in [0.1, 0.15) is 17.4 Å². The van der Waals surface area contributed by atoms with E-state index in [9.17, 15) is 9.18 Å². The topological polar surface area (TPSA) is 67.4 Å². The minimum atomic E-state index is -0.278. The molecule has 1 aromatic heterocycles. The fraction of sp³-hybridized carbons (Fsp3) is 0.261. The Kier molecular flexibility index (Phi) is 5.61. The molecule has 0 spiro atoms. The maximum absolute atomic E-state index is 13.2. The summed E-state index contributed by atoms with van der Waals surface area (Å²) in [6, 6.07) is 13.4. The molecule has 154 valence electrons. The lowest BCUT2D eigenvalue weighted by Crippen LogP contribution is -2.31. The molecule has 0 aliphatic carbocycles. The smallest absolute Gasteiger partial charge is 0.259 e. The van der Waals surface area contributed by atoms with Gasteiger partial charge in [0.05, 0.1) is 12.6 Å². The lowest BCUT2D eigenvalue weighted by Gasteiger charge is -2.21. The number of carbonyl (C=O) groups is 1. The number of nitrogens with zero attached hydrogens (tertiary/aromatic N) is 3. The van der Waals surface area contributed by atoms with Gasteiger partial charge in [-0.1, -0.05) is 12.1 Å². The molecule has 1 amide bonds. The zero-order valence-corrected chi connectivity index (χ0v) is 16.9. The van der Waals surface area contributed by atoms with Crippen molar-refractivity contribution in [3.8, 4) is 5.75 Å². The van der Waals surface area contributed by atoms with Gasteiger partial charge < -0.3 is 10.1 Å². The largest absolute Gasteiger partial charge is 0.493 e. The third kappa shape index (κ3) is 4.10. The van der Waals surface area contributed by atoms with Crippen molar-refractivity contribution < 1.29 is 13.9 Å². The average molecular weight is 406 g/mol. The molecular formula is C23H23FN4O2. The average Bonchev–Trinajstić information content (AvgIpc) is 3.23. The second-order valence-corrected chi connectivity index (χ2v) is 7.13. The van der Waals surface area contributed by atoms with Gasteiger partial charge in [0, 0.05) is 24.7 Å². The number of hydrogen-bond donors (Lipinski definition) is 1. The Hall–Kier alpha value is -3.48. The van der Waals surface area contributed by atoms with E-state index in [1.165, 1.54) is 12.1 Å². The molecular weight excluding hydrogens is 383 g/mol. The number of halogens is 1. The highest BCUT2D eigenvalue weighted by Gasteiger charge is 2.21. The van der Waals surface area contributed by atoms with Crippen molar-refractivity contribution in [2.45, 2.75) is 26.3 Å². The number of benzene rings is 2. The van der Waals surface area contributed by atoms with Crippen molar-refractivity contribution in [3.05, 3.63) is 77.2 Å². The van der Waals surface area contributed by atoms with Crippen LogP contribution in [-0.2, 0) is 6.42 Å². The van der Waals surface area contributed by atoms with E-state index in [1.807, 2.05) is 26.0 Å². The van der Waals surface area contributed by atoms with E-state index in [0.29, 0.717) is 30.5 Å². The van der Waals surface area contributed by atoms with E-state index in [0.717, 1.165) is 23.3 Å². The fourth-order valence-electron chi connectivity index (χ4n) is 3.48. The van der Waals surface area contributed by atoms with E-state index in [1.54, 1.807) is 35.4 Å². The first-order valence-electron chi connectivity index (χ1n) is 9.98. The predicted molar refractivity (Wildman–Crippen MR) is 113 cm³/mol. The van der Waals surface area contributed by atoms with Crippen molar-refractivity contribution >= 4 is 17.7 Å². The van der Waals surface area contributed by atoms with Crippen LogP contribution in [0.5, 0.6) is 5.75 Å². The summed E-state index contributed by atoms with van der Waals surface area (Å²) in [5.41, 5.74) is 2.57. The Bertz CT molecular complexity index is 1060. The first-order chi connectivity index (χ1) is 14.5. The Morgan fingerprint density at radius 1 is 1.23 bits per heavy atom. The first kappa shape index (κ1) is 19.8. The van der Waals surface area contributed by atoms with Crippen LogP contribution in [0.2, 0.25) is 0 Å². The normalized spacial score (nSPS) is 13.3. The number of aromatic nitrogens is 2. The lowest BCUT2D eigenvalue weighted by atomic mass is 10.1. The Labute approximate surface area is 174 Å². The van der Waals surface area contributed by atoms with Crippen LogP contribution in [0.4, 0.5) is 16.2 Å². The Balaban J connectivity index is 1.53. The van der Waals surface area contributed by atoms with Crippen LogP contribution in [-0.4, -0.2) is 29.0 Å². The van der Waals surface area contributed by atoms with Gasteiger partial charge in [0.2, 0.25) is 5.95 Å². The highest BCUT2D eigenvalue weighted by Crippen LogP contribution is 2.27. The SMILES string of the molecule is CCN(C(=O)c1ccc2c(c1)CCO2)c1ccnc(NC(C)c2ccc(F)cc2)n1. The summed E-state index contributed by atoms with van der Waals surface area (Å²) >= 11 is 0. The van der Waals surface area contributed by atoms with Gasteiger partial charge in [-0.25, -0.2) is 9.37 Å². The molecule has 2 aromatic carbocycles. The molecule has 30 heavy (non-hydrogen) atoms. The van der Waals surface area contributed by atoms with Gasteiger partial charge in [-0.05, 0) is 61.4 Å². The van der Waals surface area contributed by atoms with Gasteiger partial charge in [0.25, 0.3) is 5.91 Å². The van der Waals surface area contributed by atoms with E-state index in [2.05, 4.69) is 15.3 Å². The first-order valence-corrected chi connectivity index (χ1v) is 9.98. The maximum Gasteiger partial charge on any atom is 0.259 e. The van der Waals surface area contributed by atoms with Crippen molar-refractivity contribution in [2.75, 3.05) is 23.4 Å². The number of fused-ring (bicyclic) bond motifs is 1. The number of nitrogens with one attached hydrogen (secondary N) is 1. The molecule has 0 saturated heterocycles. The Morgan fingerprint density at radius 3 is 2.80 bits per heavy atom. The van der Waals surface area contributed by atoms with Crippen LogP contribution in [0.25, 0.3) is 0 Å². The van der Waals surface area contributed by atoms with Crippen LogP contribution < -0.4 is 15.0 Å². The molecule has 1 aliphatic rings. The van der Waals surface area contributed by atoms with Crippen LogP contribution in [0.3, 0.4) is 0 Å². The third-order valence-corrected chi connectivity index (χ3v) is 5.13. The maximum atomic E-state index is 13.2. The lowest BCUT2D eigenvalue weighted by molar-refractivity contribution is 0.0987. The van der Waals surface area contributed by atoms with Crippen LogP contribution in [0.1, 0.15) is 41.4 Å². The molecule has 1 unspecified atom stereocenters. The van der Waals surface area contributed by atoms with Crippen LogP contribution in [0.15, 0.2) is 54.7 Å². The van der Waals surface area contributed by atoms with Gasteiger partial charge >= 0.3 is 0 Å². The molecule has 6 nitrogen and oxygen atoms in total. The molecule has 7 heteroatoms. The van der Waals surface area contributed by atoms with Crippen LogP contribution >= 0.6 is 0 Å². The summed E-state index contributed by atoms with van der Waals surface area (Å²) in [7, 11) is 0. The molecule has 1 N–H and O–H groups in total. The zero-order valence-electron chi connectivity index (χ0n) is 16.9. The summed E-state index contributed by atoms with van der Waals surface area (Å²) in [5.74, 6) is 1.36. The fourth-order valence-corrected chi connectivity index (χ4v) is 3.48. The summed E-state index contributed by atoms with van der Waals surface area (Å²) in [6.45, 7) is 4.97. The standard InChI is InChI=1S/C23H23FN4O2/c1-3-28(22(29)18-6-9-20-17(14-18)11-13-30-20)21-10-12-25-23(27-21)26-15(2)16-4-7-19(24)8-5-16/h4-10,12,14-15H,3,11,13H2,1-2H3,(H,25,26,27). The second-order valence-electron chi connectivity index (χ2n) is 7.13. The monoisotopic (exact) mass is 406 g/mol. The molecule has 1 atom stereocenters.